The second-order valence-corrected chi connectivity index (χ2v) is 5.61. The minimum atomic E-state index is -0.560. The number of rotatable bonds is 6. The number of H-pyrrole nitrogens is 1. The Bertz CT molecular complexity index is 610. The standard InChI is InChI=1S/C16H22N4O2/c1-11(2)13-6-5-7-14(8-13)22-12(3)16(21)20(4)9-15-17-10-18-19-15/h5-8,10-12H,9H2,1-4H3,(H,17,18,19). The van der Waals surface area contributed by atoms with Gasteiger partial charge >= 0.3 is 0 Å². The Balaban J connectivity index is 1.97. The lowest BCUT2D eigenvalue weighted by Crippen LogP contribution is -2.37. The predicted octanol–water partition coefficient (Wildman–Crippen LogP) is 2.35. The van der Waals surface area contributed by atoms with Crippen molar-refractivity contribution in [1.82, 2.24) is 20.1 Å². The Morgan fingerprint density at radius 1 is 1.36 bits per heavy atom. The smallest absolute Gasteiger partial charge is 0.263 e. The molecule has 0 saturated heterocycles. The van der Waals surface area contributed by atoms with Crippen LogP contribution in [-0.2, 0) is 11.3 Å². The fraction of sp³-hybridized carbons (Fsp3) is 0.438. The van der Waals surface area contributed by atoms with Crippen molar-refractivity contribution in [3.63, 3.8) is 0 Å². The van der Waals surface area contributed by atoms with E-state index in [0.29, 0.717) is 24.0 Å². The third-order valence-corrected chi connectivity index (χ3v) is 3.41. The van der Waals surface area contributed by atoms with Crippen LogP contribution in [0.25, 0.3) is 0 Å². The Morgan fingerprint density at radius 2 is 2.14 bits per heavy atom. The quantitative estimate of drug-likeness (QED) is 0.889. The molecule has 6 nitrogen and oxygen atoms in total. The summed E-state index contributed by atoms with van der Waals surface area (Å²) in [7, 11) is 1.72. The number of aromatic nitrogens is 3. The highest BCUT2D eigenvalue weighted by Gasteiger charge is 2.20. The summed E-state index contributed by atoms with van der Waals surface area (Å²) < 4.78 is 5.77. The van der Waals surface area contributed by atoms with Crippen LogP contribution in [0.3, 0.4) is 0 Å². The molecule has 0 bridgehead atoms. The lowest BCUT2D eigenvalue weighted by molar-refractivity contribution is -0.137. The van der Waals surface area contributed by atoms with Gasteiger partial charge in [0.25, 0.3) is 5.91 Å². The van der Waals surface area contributed by atoms with Crippen LogP contribution in [-0.4, -0.2) is 39.1 Å². The fourth-order valence-corrected chi connectivity index (χ4v) is 2.12. The molecule has 1 N–H and O–H groups in total. The minimum Gasteiger partial charge on any atom is -0.481 e. The molecule has 2 aromatic rings. The average molecular weight is 302 g/mol. The van der Waals surface area contributed by atoms with Gasteiger partial charge in [-0.15, -0.1) is 0 Å². The number of nitrogens with one attached hydrogen (secondary N) is 1. The lowest BCUT2D eigenvalue weighted by Gasteiger charge is -2.21. The molecule has 6 heteroatoms. The van der Waals surface area contributed by atoms with Gasteiger partial charge in [0.05, 0.1) is 6.54 Å². The van der Waals surface area contributed by atoms with Crippen LogP contribution in [0, 0.1) is 0 Å². The Hall–Kier alpha value is -2.37. The first-order chi connectivity index (χ1) is 10.5. The van der Waals surface area contributed by atoms with E-state index in [9.17, 15) is 4.79 Å². The number of ether oxygens (including phenoxy) is 1. The Labute approximate surface area is 130 Å². The summed E-state index contributed by atoms with van der Waals surface area (Å²) in [5.74, 6) is 1.67. The Morgan fingerprint density at radius 3 is 2.77 bits per heavy atom. The van der Waals surface area contributed by atoms with Gasteiger partial charge in [0.2, 0.25) is 0 Å². The van der Waals surface area contributed by atoms with Crippen molar-refractivity contribution in [3.05, 3.63) is 42.0 Å². The maximum atomic E-state index is 12.3. The lowest BCUT2D eigenvalue weighted by atomic mass is 10.0. The molecule has 2 rings (SSSR count). The summed E-state index contributed by atoms with van der Waals surface area (Å²) in [4.78, 5) is 17.9. The second kappa shape index (κ2) is 7.06. The van der Waals surface area contributed by atoms with Crippen LogP contribution in [0.5, 0.6) is 5.75 Å². The van der Waals surface area contributed by atoms with Gasteiger partial charge in [0, 0.05) is 7.05 Å². The molecule has 0 spiro atoms. The third-order valence-electron chi connectivity index (χ3n) is 3.41. The van der Waals surface area contributed by atoms with Gasteiger partial charge < -0.3 is 9.64 Å². The third kappa shape index (κ3) is 4.07. The molecule has 118 valence electrons. The largest absolute Gasteiger partial charge is 0.481 e. The fourth-order valence-electron chi connectivity index (χ4n) is 2.12. The summed E-state index contributed by atoms with van der Waals surface area (Å²) in [6, 6.07) is 7.84. The number of carbonyl (C=O) groups excluding carboxylic acids is 1. The van der Waals surface area contributed by atoms with Gasteiger partial charge in [-0.1, -0.05) is 26.0 Å². The van der Waals surface area contributed by atoms with E-state index in [1.54, 1.807) is 18.9 Å². The van der Waals surface area contributed by atoms with Crippen molar-refractivity contribution in [2.45, 2.75) is 39.3 Å². The number of amides is 1. The molecule has 1 aromatic carbocycles. The van der Waals surface area contributed by atoms with Crippen LogP contribution in [0.2, 0.25) is 0 Å². The number of benzene rings is 1. The van der Waals surface area contributed by atoms with E-state index in [2.05, 4.69) is 35.1 Å². The number of aromatic amines is 1. The molecule has 0 aliphatic carbocycles. The van der Waals surface area contributed by atoms with Gasteiger partial charge in [0.1, 0.15) is 17.9 Å². The zero-order chi connectivity index (χ0) is 16.1. The number of likely N-dealkylation sites (N-methyl/N-ethyl adjacent to an activating group) is 1. The van der Waals surface area contributed by atoms with Crippen LogP contribution in [0.1, 0.15) is 38.1 Å². The normalized spacial score (nSPS) is 12.2. The molecule has 22 heavy (non-hydrogen) atoms. The van der Waals surface area contributed by atoms with Crippen LogP contribution in [0.15, 0.2) is 30.6 Å². The first-order valence-corrected chi connectivity index (χ1v) is 7.33. The topological polar surface area (TPSA) is 71.1 Å². The van der Waals surface area contributed by atoms with Crippen LogP contribution < -0.4 is 4.74 Å². The summed E-state index contributed by atoms with van der Waals surface area (Å²) in [6.45, 7) is 6.37. The van der Waals surface area contributed by atoms with Crippen molar-refractivity contribution in [3.8, 4) is 5.75 Å². The van der Waals surface area contributed by atoms with E-state index >= 15 is 0 Å². The Kier molecular flexibility index (Phi) is 5.14. The first kappa shape index (κ1) is 16.0. The molecule has 1 aromatic heterocycles. The maximum absolute atomic E-state index is 12.3. The van der Waals surface area contributed by atoms with E-state index < -0.39 is 6.10 Å². The molecule has 0 aliphatic heterocycles. The van der Waals surface area contributed by atoms with Crippen LogP contribution in [0.4, 0.5) is 0 Å². The van der Waals surface area contributed by atoms with E-state index in [0.717, 1.165) is 0 Å². The zero-order valence-corrected chi connectivity index (χ0v) is 13.4. The molecular formula is C16H22N4O2. The molecule has 1 atom stereocenters. The summed E-state index contributed by atoms with van der Waals surface area (Å²) in [6.07, 6.45) is 0.862. The number of hydrogen-bond acceptors (Lipinski definition) is 4. The number of hydrogen-bond donors (Lipinski definition) is 1. The first-order valence-electron chi connectivity index (χ1n) is 7.33. The van der Waals surface area contributed by atoms with Crippen molar-refractivity contribution in [2.24, 2.45) is 0 Å². The number of carbonyl (C=O) groups is 1. The highest BCUT2D eigenvalue weighted by Crippen LogP contribution is 2.21. The average Bonchev–Trinajstić information content (AvgIpc) is 2.99. The molecule has 0 aliphatic rings. The van der Waals surface area contributed by atoms with Crippen molar-refractivity contribution in [1.29, 1.82) is 0 Å². The summed E-state index contributed by atoms with van der Waals surface area (Å²) in [5, 5.41) is 6.50. The molecule has 0 radical (unpaired) electrons. The van der Waals surface area contributed by atoms with Crippen molar-refractivity contribution < 1.29 is 9.53 Å². The van der Waals surface area contributed by atoms with Gasteiger partial charge in [0.15, 0.2) is 6.10 Å². The minimum absolute atomic E-state index is 0.105. The van der Waals surface area contributed by atoms with E-state index in [4.69, 9.17) is 4.74 Å². The van der Waals surface area contributed by atoms with E-state index in [1.165, 1.54) is 11.9 Å². The monoisotopic (exact) mass is 302 g/mol. The summed E-state index contributed by atoms with van der Waals surface area (Å²) in [5.41, 5.74) is 1.19. The van der Waals surface area contributed by atoms with Gasteiger partial charge in [-0.3, -0.25) is 9.89 Å². The molecule has 1 unspecified atom stereocenters. The molecule has 0 saturated carbocycles. The van der Waals surface area contributed by atoms with Crippen LogP contribution >= 0.6 is 0 Å². The van der Waals surface area contributed by atoms with Crippen molar-refractivity contribution >= 4 is 5.91 Å². The van der Waals surface area contributed by atoms with Gasteiger partial charge in [-0.25, -0.2) is 4.98 Å². The van der Waals surface area contributed by atoms with E-state index in [1.807, 2.05) is 18.2 Å². The molecule has 1 amide bonds. The molecule has 1 heterocycles. The highest BCUT2D eigenvalue weighted by molar-refractivity contribution is 5.80. The molecular weight excluding hydrogens is 280 g/mol. The maximum Gasteiger partial charge on any atom is 0.263 e. The highest BCUT2D eigenvalue weighted by atomic mass is 16.5. The SMILES string of the molecule is CC(Oc1cccc(C(C)C)c1)C(=O)N(C)Cc1ncn[nH]1. The van der Waals surface area contributed by atoms with Crippen molar-refractivity contribution in [2.75, 3.05) is 7.05 Å². The van der Waals surface area contributed by atoms with Gasteiger partial charge in [-0.05, 0) is 30.5 Å². The van der Waals surface area contributed by atoms with Gasteiger partial charge in [-0.2, -0.15) is 5.10 Å². The number of nitrogens with zero attached hydrogens (tertiary/aromatic N) is 3. The summed E-state index contributed by atoms with van der Waals surface area (Å²) >= 11 is 0. The molecule has 0 fully saturated rings. The second-order valence-electron chi connectivity index (χ2n) is 5.61. The predicted molar refractivity (Wildman–Crippen MR) is 83.5 cm³/mol. The van der Waals surface area contributed by atoms with E-state index in [-0.39, 0.29) is 5.91 Å². The zero-order valence-electron chi connectivity index (χ0n) is 13.4.